The summed E-state index contributed by atoms with van der Waals surface area (Å²) >= 11 is 0. The van der Waals surface area contributed by atoms with Crippen molar-refractivity contribution >= 4 is 23.2 Å². The SMILES string of the molecule is C=CC(=O)Nc1cc(C(=O)Nc2ccccc2)cc(C(F)(F)F)c1. The van der Waals surface area contributed by atoms with Gasteiger partial charge in [0.25, 0.3) is 5.91 Å². The minimum absolute atomic E-state index is 0.145. The van der Waals surface area contributed by atoms with Gasteiger partial charge in [0.15, 0.2) is 0 Å². The van der Waals surface area contributed by atoms with E-state index >= 15 is 0 Å². The van der Waals surface area contributed by atoms with Crippen LogP contribution in [0.4, 0.5) is 24.5 Å². The minimum Gasteiger partial charge on any atom is -0.322 e. The monoisotopic (exact) mass is 334 g/mol. The molecule has 0 atom stereocenters. The first-order valence-corrected chi connectivity index (χ1v) is 6.81. The first kappa shape index (κ1) is 17.3. The third kappa shape index (κ3) is 4.45. The third-order valence-corrected chi connectivity index (χ3v) is 3.01. The topological polar surface area (TPSA) is 58.2 Å². The number of nitrogens with one attached hydrogen (secondary N) is 2. The van der Waals surface area contributed by atoms with Gasteiger partial charge in [-0.1, -0.05) is 24.8 Å². The van der Waals surface area contributed by atoms with Crippen LogP contribution in [0.3, 0.4) is 0 Å². The number of para-hydroxylation sites is 1. The van der Waals surface area contributed by atoms with E-state index in [1.165, 1.54) is 0 Å². The van der Waals surface area contributed by atoms with Crippen LogP contribution in [0.25, 0.3) is 0 Å². The first-order chi connectivity index (χ1) is 11.3. The Balaban J connectivity index is 2.36. The highest BCUT2D eigenvalue weighted by molar-refractivity contribution is 6.06. The molecule has 0 aliphatic heterocycles. The molecule has 24 heavy (non-hydrogen) atoms. The summed E-state index contributed by atoms with van der Waals surface area (Å²) in [6.45, 7) is 3.23. The number of carbonyl (C=O) groups excluding carboxylic acids is 2. The van der Waals surface area contributed by atoms with Gasteiger partial charge in [0, 0.05) is 16.9 Å². The molecule has 0 aliphatic rings. The fourth-order valence-corrected chi connectivity index (χ4v) is 1.91. The fourth-order valence-electron chi connectivity index (χ4n) is 1.91. The fraction of sp³-hybridized carbons (Fsp3) is 0.0588. The number of hydrogen-bond donors (Lipinski definition) is 2. The highest BCUT2D eigenvalue weighted by Gasteiger charge is 2.32. The van der Waals surface area contributed by atoms with Crippen molar-refractivity contribution in [1.82, 2.24) is 0 Å². The second-order valence-electron chi connectivity index (χ2n) is 4.81. The van der Waals surface area contributed by atoms with Crippen molar-refractivity contribution in [2.24, 2.45) is 0 Å². The summed E-state index contributed by atoms with van der Waals surface area (Å²) in [7, 11) is 0. The summed E-state index contributed by atoms with van der Waals surface area (Å²) in [5, 5.41) is 4.72. The van der Waals surface area contributed by atoms with Crippen molar-refractivity contribution in [2.75, 3.05) is 10.6 Å². The molecule has 0 saturated carbocycles. The molecule has 0 spiro atoms. The molecule has 0 unspecified atom stereocenters. The average Bonchev–Trinajstić information content (AvgIpc) is 2.54. The van der Waals surface area contributed by atoms with E-state index in [1.54, 1.807) is 30.3 Å². The summed E-state index contributed by atoms with van der Waals surface area (Å²) in [6.07, 6.45) is -3.74. The second-order valence-corrected chi connectivity index (χ2v) is 4.81. The molecule has 2 aromatic rings. The van der Waals surface area contributed by atoms with Gasteiger partial charge in [-0.05, 0) is 36.4 Å². The molecule has 0 radical (unpaired) electrons. The number of carbonyl (C=O) groups is 2. The van der Waals surface area contributed by atoms with Crippen molar-refractivity contribution in [1.29, 1.82) is 0 Å². The molecule has 0 heterocycles. The molecule has 0 aromatic heterocycles. The van der Waals surface area contributed by atoms with E-state index in [0.717, 1.165) is 24.3 Å². The highest BCUT2D eigenvalue weighted by atomic mass is 19.4. The van der Waals surface area contributed by atoms with Gasteiger partial charge in [0.1, 0.15) is 0 Å². The van der Waals surface area contributed by atoms with Crippen LogP contribution >= 0.6 is 0 Å². The van der Waals surface area contributed by atoms with Crippen LogP contribution in [0.15, 0.2) is 61.2 Å². The largest absolute Gasteiger partial charge is 0.416 e. The molecule has 7 heteroatoms. The predicted molar refractivity (Wildman–Crippen MR) is 84.7 cm³/mol. The standard InChI is InChI=1S/C17H13F3N2O2/c1-2-15(23)21-14-9-11(8-12(10-14)17(18,19)20)16(24)22-13-6-4-3-5-7-13/h2-10H,1H2,(H,21,23)(H,22,24). The number of halogens is 3. The van der Waals surface area contributed by atoms with Gasteiger partial charge in [0.2, 0.25) is 5.91 Å². The molecule has 2 N–H and O–H groups in total. The van der Waals surface area contributed by atoms with E-state index in [9.17, 15) is 22.8 Å². The van der Waals surface area contributed by atoms with Gasteiger partial charge in [0.05, 0.1) is 5.56 Å². The Morgan fingerprint density at radius 2 is 1.62 bits per heavy atom. The van der Waals surface area contributed by atoms with Crippen molar-refractivity contribution < 1.29 is 22.8 Å². The van der Waals surface area contributed by atoms with Crippen LogP contribution in [-0.2, 0) is 11.0 Å². The summed E-state index contributed by atoms with van der Waals surface area (Å²) in [5.41, 5.74) is -0.972. The van der Waals surface area contributed by atoms with Gasteiger partial charge < -0.3 is 10.6 Å². The van der Waals surface area contributed by atoms with E-state index < -0.39 is 23.6 Å². The number of anilines is 2. The molecule has 124 valence electrons. The van der Waals surface area contributed by atoms with Crippen molar-refractivity contribution in [3.63, 3.8) is 0 Å². The maximum atomic E-state index is 13.0. The molecule has 2 amide bonds. The summed E-state index contributed by atoms with van der Waals surface area (Å²) < 4.78 is 39.0. The van der Waals surface area contributed by atoms with Gasteiger partial charge in [-0.2, -0.15) is 13.2 Å². The summed E-state index contributed by atoms with van der Waals surface area (Å²) in [5.74, 6) is -1.40. The zero-order valence-corrected chi connectivity index (χ0v) is 12.4. The number of alkyl halides is 3. The molecule has 2 rings (SSSR count). The predicted octanol–water partition coefficient (Wildman–Crippen LogP) is 4.08. The van der Waals surface area contributed by atoms with E-state index in [4.69, 9.17) is 0 Å². The van der Waals surface area contributed by atoms with Crippen LogP contribution in [0.1, 0.15) is 15.9 Å². The normalized spacial score (nSPS) is 10.8. The molecular weight excluding hydrogens is 321 g/mol. The molecular formula is C17H13F3N2O2. The average molecular weight is 334 g/mol. The molecule has 0 saturated heterocycles. The van der Waals surface area contributed by atoms with Crippen molar-refractivity contribution in [3.05, 3.63) is 72.3 Å². The maximum absolute atomic E-state index is 13.0. The van der Waals surface area contributed by atoms with Crippen LogP contribution in [0, 0.1) is 0 Å². The lowest BCUT2D eigenvalue weighted by molar-refractivity contribution is -0.137. The lowest BCUT2D eigenvalue weighted by Crippen LogP contribution is -2.16. The van der Waals surface area contributed by atoms with E-state index in [1.807, 2.05) is 0 Å². The first-order valence-electron chi connectivity index (χ1n) is 6.81. The van der Waals surface area contributed by atoms with Gasteiger partial charge in [-0.3, -0.25) is 9.59 Å². The van der Waals surface area contributed by atoms with Crippen molar-refractivity contribution in [3.8, 4) is 0 Å². The Morgan fingerprint density at radius 3 is 2.21 bits per heavy atom. The van der Waals surface area contributed by atoms with Crippen LogP contribution in [-0.4, -0.2) is 11.8 Å². The lowest BCUT2D eigenvalue weighted by atomic mass is 10.1. The second kappa shape index (κ2) is 6.99. The third-order valence-electron chi connectivity index (χ3n) is 3.01. The molecule has 0 fully saturated rings. The summed E-state index contributed by atoms with van der Waals surface area (Å²) in [6, 6.07) is 10.9. The molecule has 0 bridgehead atoms. The molecule has 0 aliphatic carbocycles. The lowest BCUT2D eigenvalue weighted by Gasteiger charge is -2.13. The number of rotatable bonds is 4. The smallest absolute Gasteiger partial charge is 0.322 e. The zero-order valence-electron chi connectivity index (χ0n) is 12.4. The zero-order chi connectivity index (χ0) is 17.7. The highest BCUT2D eigenvalue weighted by Crippen LogP contribution is 2.32. The Kier molecular flexibility index (Phi) is 5.03. The van der Waals surface area contributed by atoms with Gasteiger partial charge in [-0.25, -0.2) is 0 Å². The van der Waals surface area contributed by atoms with E-state index in [2.05, 4.69) is 17.2 Å². The van der Waals surface area contributed by atoms with Gasteiger partial charge >= 0.3 is 6.18 Å². The maximum Gasteiger partial charge on any atom is 0.416 e. The van der Waals surface area contributed by atoms with E-state index in [-0.39, 0.29) is 11.3 Å². The molecule has 2 aromatic carbocycles. The van der Waals surface area contributed by atoms with Crippen LogP contribution in [0.2, 0.25) is 0 Å². The summed E-state index contributed by atoms with van der Waals surface area (Å²) in [4.78, 5) is 23.5. The van der Waals surface area contributed by atoms with Gasteiger partial charge in [-0.15, -0.1) is 0 Å². The van der Waals surface area contributed by atoms with E-state index in [0.29, 0.717) is 5.69 Å². The van der Waals surface area contributed by atoms with Crippen LogP contribution < -0.4 is 10.6 Å². The Labute approximate surface area is 136 Å². The number of amides is 2. The number of benzene rings is 2. The van der Waals surface area contributed by atoms with Crippen molar-refractivity contribution in [2.45, 2.75) is 6.18 Å². The Morgan fingerprint density at radius 1 is 0.958 bits per heavy atom. The minimum atomic E-state index is -4.66. The quantitative estimate of drug-likeness (QED) is 0.828. The molecule has 4 nitrogen and oxygen atoms in total. The number of hydrogen-bond acceptors (Lipinski definition) is 2. The Bertz CT molecular complexity index is 771. The van der Waals surface area contributed by atoms with Crippen LogP contribution in [0.5, 0.6) is 0 Å². The Hall–Kier alpha value is -3.09.